The number of H-pyrrole nitrogens is 1. The first kappa shape index (κ1) is 22.2. The number of ether oxygens (including phenoxy) is 2. The van der Waals surface area contributed by atoms with Gasteiger partial charge in [-0.1, -0.05) is 12.1 Å². The molecule has 1 amide bonds. The number of thiazole rings is 1. The van der Waals surface area contributed by atoms with E-state index in [1.165, 1.54) is 11.3 Å². The number of imidazole rings is 1. The molecular weight excluding hydrogens is 466 g/mol. The Bertz CT molecular complexity index is 1510. The van der Waals surface area contributed by atoms with Gasteiger partial charge in [-0.25, -0.2) is 14.8 Å². The molecule has 0 fully saturated rings. The summed E-state index contributed by atoms with van der Waals surface area (Å²) in [7, 11) is 1.60. The SMILES string of the molecule is COc1cccc(-c2csc(NC(=O)COC(=O)c3ccc4nc(-c5cccnc5)[nH]c4c3)n2)c1. The number of benzene rings is 2. The van der Waals surface area contributed by atoms with E-state index in [1.807, 2.05) is 41.8 Å². The molecule has 2 N–H and O–H groups in total. The van der Waals surface area contributed by atoms with Crippen LogP contribution in [0.5, 0.6) is 5.75 Å². The molecule has 0 bridgehead atoms. The maximum atomic E-state index is 12.5. The number of hydrogen-bond acceptors (Lipinski definition) is 8. The van der Waals surface area contributed by atoms with Crippen LogP contribution in [0.15, 0.2) is 72.4 Å². The zero-order valence-electron chi connectivity index (χ0n) is 18.5. The summed E-state index contributed by atoms with van der Waals surface area (Å²) in [6, 6.07) is 16.2. The van der Waals surface area contributed by atoms with Crippen LogP contribution in [0, 0.1) is 0 Å². The van der Waals surface area contributed by atoms with Gasteiger partial charge in [-0.15, -0.1) is 11.3 Å². The van der Waals surface area contributed by atoms with Crippen molar-refractivity contribution in [2.75, 3.05) is 19.0 Å². The minimum atomic E-state index is -0.615. The molecule has 10 heteroatoms. The first-order chi connectivity index (χ1) is 17.1. The van der Waals surface area contributed by atoms with Crippen LogP contribution in [0.4, 0.5) is 5.13 Å². The van der Waals surface area contributed by atoms with Gasteiger partial charge in [-0.2, -0.15) is 0 Å². The zero-order chi connectivity index (χ0) is 24.2. The summed E-state index contributed by atoms with van der Waals surface area (Å²) in [6.45, 7) is -0.436. The summed E-state index contributed by atoms with van der Waals surface area (Å²) >= 11 is 1.28. The fourth-order valence-corrected chi connectivity index (χ4v) is 4.13. The Labute approximate surface area is 203 Å². The maximum absolute atomic E-state index is 12.5. The molecule has 0 aliphatic carbocycles. The van der Waals surface area contributed by atoms with Gasteiger partial charge < -0.3 is 14.5 Å². The Morgan fingerprint density at radius 1 is 1.06 bits per heavy atom. The quantitative estimate of drug-likeness (QED) is 0.325. The van der Waals surface area contributed by atoms with Crippen molar-refractivity contribution in [3.63, 3.8) is 0 Å². The highest BCUT2D eigenvalue weighted by Crippen LogP contribution is 2.27. The van der Waals surface area contributed by atoms with Crippen LogP contribution in [0.1, 0.15) is 10.4 Å². The number of rotatable bonds is 7. The molecule has 9 nitrogen and oxygen atoms in total. The zero-order valence-corrected chi connectivity index (χ0v) is 19.3. The number of nitrogens with zero attached hydrogens (tertiary/aromatic N) is 3. The summed E-state index contributed by atoms with van der Waals surface area (Å²) in [6.07, 6.45) is 3.39. The number of aromatic amines is 1. The summed E-state index contributed by atoms with van der Waals surface area (Å²) in [5.74, 6) is 0.270. The van der Waals surface area contributed by atoms with Crippen LogP contribution in [-0.4, -0.2) is 45.5 Å². The Balaban J connectivity index is 1.20. The highest BCUT2D eigenvalue weighted by atomic mass is 32.1. The van der Waals surface area contributed by atoms with Gasteiger partial charge in [0.05, 0.1) is 29.4 Å². The van der Waals surface area contributed by atoms with E-state index in [1.54, 1.807) is 37.7 Å². The average molecular weight is 486 g/mol. The number of esters is 1. The lowest BCUT2D eigenvalue weighted by molar-refractivity contribution is -0.119. The van der Waals surface area contributed by atoms with Crippen molar-refractivity contribution in [3.8, 4) is 28.4 Å². The molecule has 174 valence electrons. The van der Waals surface area contributed by atoms with Gasteiger partial charge >= 0.3 is 5.97 Å². The third kappa shape index (κ3) is 5.02. The van der Waals surface area contributed by atoms with Crippen LogP contribution >= 0.6 is 11.3 Å². The molecule has 0 unspecified atom stereocenters. The highest BCUT2D eigenvalue weighted by molar-refractivity contribution is 7.14. The minimum absolute atomic E-state index is 0.307. The number of carbonyl (C=O) groups is 2. The van der Waals surface area contributed by atoms with Crippen molar-refractivity contribution in [1.29, 1.82) is 0 Å². The Kier molecular flexibility index (Phi) is 6.18. The molecule has 0 aliphatic heterocycles. The molecule has 3 aromatic heterocycles. The van der Waals surface area contributed by atoms with Crippen molar-refractivity contribution >= 4 is 39.4 Å². The summed E-state index contributed by atoms with van der Waals surface area (Å²) in [5.41, 5.74) is 4.10. The number of aromatic nitrogens is 4. The molecular formula is C25H19N5O4S. The normalized spacial score (nSPS) is 10.8. The van der Waals surface area contributed by atoms with Crippen LogP contribution in [0.25, 0.3) is 33.7 Å². The second-order valence-electron chi connectivity index (χ2n) is 7.45. The molecule has 0 saturated heterocycles. The number of hydrogen-bond donors (Lipinski definition) is 2. The topological polar surface area (TPSA) is 119 Å². The van der Waals surface area contributed by atoms with Crippen molar-refractivity contribution in [2.45, 2.75) is 0 Å². The number of pyridine rings is 1. The number of anilines is 1. The fourth-order valence-electron chi connectivity index (χ4n) is 3.39. The average Bonchev–Trinajstić information content (AvgIpc) is 3.54. The lowest BCUT2D eigenvalue weighted by Gasteiger charge is -2.05. The lowest BCUT2D eigenvalue weighted by atomic mass is 10.2. The predicted octanol–water partition coefficient (Wildman–Crippen LogP) is 4.55. The number of amides is 1. The molecule has 0 spiro atoms. The second kappa shape index (κ2) is 9.74. The first-order valence-corrected chi connectivity index (χ1v) is 11.4. The molecule has 5 aromatic rings. The van der Waals surface area contributed by atoms with E-state index >= 15 is 0 Å². The van der Waals surface area contributed by atoms with Crippen molar-refractivity contribution in [2.24, 2.45) is 0 Å². The number of nitrogens with one attached hydrogen (secondary N) is 2. The third-order valence-electron chi connectivity index (χ3n) is 5.10. The Morgan fingerprint density at radius 3 is 2.77 bits per heavy atom. The molecule has 0 radical (unpaired) electrons. The van der Waals surface area contributed by atoms with Gasteiger partial charge in [0.15, 0.2) is 11.7 Å². The first-order valence-electron chi connectivity index (χ1n) is 10.6. The lowest BCUT2D eigenvalue weighted by Crippen LogP contribution is -2.20. The van der Waals surface area contributed by atoms with Crippen LogP contribution in [-0.2, 0) is 9.53 Å². The summed E-state index contributed by atoms with van der Waals surface area (Å²) < 4.78 is 10.4. The van der Waals surface area contributed by atoms with E-state index in [2.05, 4.69) is 25.3 Å². The van der Waals surface area contributed by atoms with Crippen LogP contribution in [0.3, 0.4) is 0 Å². The van der Waals surface area contributed by atoms with E-state index in [4.69, 9.17) is 9.47 Å². The van der Waals surface area contributed by atoms with Gasteiger partial charge in [-0.3, -0.25) is 15.1 Å². The number of methoxy groups -OCH3 is 1. The monoisotopic (exact) mass is 485 g/mol. The number of carbonyl (C=O) groups excluding carboxylic acids is 2. The molecule has 5 rings (SSSR count). The second-order valence-corrected chi connectivity index (χ2v) is 8.31. The molecule has 0 atom stereocenters. The molecule has 3 heterocycles. The maximum Gasteiger partial charge on any atom is 0.338 e. The van der Waals surface area contributed by atoms with E-state index in [9.17, 15) is 9.59 Å². The van der Waals surface area contributed by atoms with E-state index in [0.717, 1.165) is 16.9 Å². The predicted molar refractivity (Wildman–Crippen MR) is 132 cm³/mol. The minimum Gasteiger partial charge on any atom is -0.497 e. The van der Waals surface area contributed by atoms with Crippen molar-refractivity contribution in [3.05, 3.63) is 77.9 Å². The summed E-state index contributed by atoms with van der Waals surface area (Å²) in [4.78, 5) is 41.0. The molecule has 35 heavy (non-hydrogen) atoms. The largest absolute Gasteiger partial charge is 0.497 e. The van der Waals surface area contributed by atoms with Crippen LogP contribution < -0.4 is 10.1 Å². The van der Waals surface area contributed by atoms with E-state index in [-0.39, 0.29) is 0 Å². The van der Waals surface area contributed by atoms with Gasteiger partial charge in [-0.05, 0) is 42.5 Å². The van der Waals surface area contributed by atoms with Gasteiger partial charge in [0.1, 0.15) is 11.6 Å². The highest BCUT2D eigenvalue weighted by Gasteiger charge is 2.14. The molecule has 0 saturated carbocycles. The van der Waals surface area contributed by atoms with Gasteiger partial charge in [0.2, 0.25) is 0 Å². The Hall–Kier alpha value is -4.57. The summed E-state index contributed by atoms with van der Waals surface area (Å²) in [5, 5.41) is 4.89. The fraction of sp³-hybridized carbons (Fsp3) is 0.0800. The number of fused-ring (bicyclic) bond motifs is 1. The third-order valence-corrected chi connectivity index (χ3v) is 5.86. The van der Waals surface area contributed by atoms with Gasteiger partial charge in [0, 0.05) is 28.9 Å². The van der Waals surface area contributed by atoms with Crippen LogP contribution in [0.2, 0.25) is 0 Å². The standard InChI is InChI=1S/C25H19N5O4S/c1-33-18-6-2-4-15(10-18)21-14-35-25(29-21)30-22(31)13-34-24(32)16-7-8-19-20(11-16)28-23(27-19)17-5-3-9-26-12-17/h2-12,14H,13H2,1H3,(H,27,28)(H,29,30,31). The molecule has 2 aromatic carbocycles. The Morgan fingerprint density at radius 2 is 1.94 bits per heavy atom. The molecule has 0 aliphatic rings. The smallest absolute Gasteiger partial charge is 0.338 e. The van der Waals surface area contributed by atoms with Crippen molar-refractivity contribution < 1.29 is 19.1 Å². The van der Waals surface area contributed by atoms with E-state index in [0.29, 0.717) is 33.2 Å². The van der Waals surface area contributed by atoms with E-state index < -0.39 is 18.5 Å². The van der Waals surface area contributed by atoms with Crippen molar-refractivity contribution in [1.82, 2.24) is 19.9 Å². The van der Waals surface area contributed by atoms with Gasteiger partial charge in [0.25, 0.3) is 5.91 Å².